The van der Waals surface area contributed by atoms with E-state index in [1.54, 1.807) is 36.4 Å². The van der Waals surface area contributed by atoms with Crippen LogP contribution in [0.5, 0.6) is 34.5 Å². The van der Waals surface area contributed by atoms with Gasteiger partial charge in [-0.1, -0.05) is 172 Å². The molecule has 0 aliphatic carbocycles. The molecular weight excluding hydrogens is 841 g/mol. The molecule has 0 heterocycles. The van der Waals surface area contributed by atoms with E-state index >= 15 is 0 Å². The van der Waals surface area contributed by atoms with E-state index in [1.807, 2.05) is 24.3 Å². The summed E-state index contributed by atoms with van der Waals surface area (Å²) in [7, 11) is -9.14. The number of benzene rings is 4. The first-order valence-corrected chi connectivity index (χ1v) is 24.8. The maximum absolute atomic E-state index is 12.8. The third kappa shape index (κ3) is 20.9. The topological polar surface area (TPSA) is 173 Å². The normalized spacial score (nSPS) is 11.3. The van der Waals surface area contributed by atoms with Crippen LogP contribution >= 0.6 is 0 Å². The maximum Gasteiger partial charge on any atom is 2.00 e. The van der Waals surface area contributed by atoms with Gasteiger partial charge in [0, 0.05) is 5.56 Å². The summed E-state index contributed by atoms with van der Waals surface area (Å²) in [5.74, 6) is 0.484. The van der Waals surface area contributed by atoms with E-state index in [9.17, 15) is 36.2 Å². The van der Waals surface area contributed by atoms with Crippen LogP contribution in [0.15, 0.2) is 94.7 Å². The zero-order chi connectivity index (χ0) is 43.6. The second-order valence-electron chi connectivity index (χ2n) is 15.4. The molecule has 0 aliphatic rings. The third-order valence-electron chi connectivity index (χ3n) is 10.4. The fourth-order valence-electron chi connectivity index (χ4n) is 7.11. The van der Waals surface area contributed by atoms with E-state index < -0.39 is 30.9 Å². The van der Waals surface area contributed by atoms with Crippen LogP contribution in [0, 0.1) is 0 Å². The van der Waals surface area contributed by atoms with Crippen LogP contribution in [-0.2, 0) is 33.1 Å². The smallest absolute Gasteiger partial charge is 0.870 e. The number of para-hydroxylation sites is 2. The molecule has 0 atom stereocenters. The summed E-state index contributed by atoms with van der Waals surface area (Å²) >= 11 is 0. The quantitative estimate of drug-likeness (QED) is 0.0317. The average molecular weight is 907 g/mol. The van der Waals surface area contributed by atoms with Gasteiger partial charge in [0.25, 0.3) is 10.1 Å². The van der Waals surface area contributed by atoms with Crippen LogP contribution in [0.2, 0.25) is 0 Å². The van der Waals surface area contributed by atoms with Gasteiger partial charge in [-0.3, -0.25) is 4.55 Å². The predicted octanol–water partition coefficient (Wildman–Crippen LogP) is 12.4. The van der Waals surface area contributed by atoms with Crippen molar-refractivity contribution in [3.05, 3.63) is 96.1 Å². The van der Waals surface area contributed by atoms with Gasteiger partial charge in [0.1, 0.15) is 32.3 Å². The fourth-order valence-corrected chi connectivity index (χ4v) is 8.59. The summed E-state index contributed by atoms with van der Waals surface area (Å²) in [6.07, 6.45) is 23.6. The minimum absolute atomic E-state index is 0. The van der Waals surface area contributed by atoms with Gasteiger partial charge in [-0.25, -0.2) is 8.42 Å². The van der Waals surface area contributed by atoms with Crippen molar-refractivity contribution in [2.75, 3.05) is 0 Å². The Balaban J connectivity index is 0.000000413. The molecule has 0 fully saturated rings. The maximum atomic E-state index is 12.8. The molecule has 0 saturated heterocycles. The Labute approximate surface area is 396 Å². The Morgan fingerprint density at radius 2 is 0.852 bits per heavy atom. The summed E-state index contributed by atoms with van der Waals surface area (Å²) in [6, 6.07) is 22.9. The molecule has 0 spiro atoms. The summed E-state index contributed by atoms with van der Waals surface area (Å²) in [6.45, 7) is 4.43. The summed E-state index contributed by atoms with van der Waals surface area (Å²) in [5, 5.41) is 23.4. The molecular formula is C48H66CaO10S2. The molecule has 332 valence electrons. The van der Waals surface area contributed by atoms with Crippen molar-refractivity contribution in [1.29, 1.82) is 0 Å². The Hall–Kier alpha value is -2.84. The molecule has 0 radical (unpaired) electrons. The monoisotopic (exact) mass is 906 g/mol. The molecule has 4 rings (SSSR count). The molecule has 0 saturated carbocycles. The summed E-state index contributed by atoms with van der Waals surface area (Å²) < 4.78 is 79.2. The molecule has 61 heavy (non-hydrogen) atoms. The number of phenols is 1. The number of ether oxygens (including phenoxy) is 2. The molecule has 0 aliphatic heterocycles. The van der Waals surface area contributed by atoms with Gasteiger partial charge < -0.3 is 24.2 Å². The van der Waals surface area contributed by atoms with E-state index in [0.29, 0.717) is 24.3 Å². The molecule has 10 nitrogen and oxygen atoms in total. The van der Waals surface area contributed by atoms with Crippen molar-refractivity contribution in [3.8, 4) is 34.5 Å². The zero-order valence-electron chi connectivity index (χ0n) is 36.3. The molecule has 0 bridgehead atoms. The third-order valence-corrected chi connectivity index (χ3v) is 12.3. The number of aromatic hydroxyl groups is 1. The molecule has 0 unspecified atom stereocenters. The van der Waals surface area contributed by atoms with E-state index in [4.69, 9.17) is 9.47 Å². The van der Waals surface area contributed by atoms with Gasteiger partial charge in [0.15, 0.2) is 11.5 Å². The summed E-state index contributed by atoms with van der Waals surface area (Å²) in [5.41, 5.74) is 0.253. The van der Waals surface area contributed by atoms with E-state index in [2.05, 4.69) is 13.8 Å². The minimum atomic E-state index is -4.71. The first-order valence-electron chi connectivity index (χ1n) is 21.9. The van der Waals surface area contributed by atoms with Crippen molar-refractivity contribution in [3.63, 3.8) is 0 Å². The van der Waals surface area contributed by atoms with Gasteiger partial charge in [-0.15, -0.1) is 0 Å². The van der Waals surface area contributed by atoms with Crippen molar-refractivity contribution >= 4 is 58.0 Å². The van der Waals surface area contributed by atoms with E-state index in [-0.39, 0.29) is 77.4 Å². The second-order valence-corrected chi connectivity index (χ2v) is 18.1. The minimum Gasteiger partial charge on any atom is -0.870 e. The van der Waals surface area contributed by atoms with Crippen LogP contribution in [0.1, 0.15) is 153 Å². The van der Waals surface area contributed by atoms with Crippen molar-refractivity contribution in [2.24, 2.45) is 0 Å². The van der Waals surface area contributed by atoms with Gasteiger partial charge >= 0.3 is 37.7 Å². The zero-order valence-corrected chi connectivity index (χ0v) is 40.2. The number of rotatable bonds is 28. The Bertz CT molecular complexity index is 1880. The summed E-state index contributed by atoms with van der Waals surface area (Å²) in [4.78, 5) is -0.680. The van der Waals surface area contributed by atoms with Gasteiger partial charge in [-0.2, -0.15) is 8.42 Å². The molecule has 13 heteroatoms. The standard InChI is InChI=1S/2C24H34O5S.Ca/c2*1-2-3-4-5-6-7-8-9-10-14-17-21-23(30(26,27)28)19-18-22(24(21)25)29-20-15-12-11-13-16-20;/h2*11-13,15-16,18-19,25H,2-10,14,17H2,1H3,(H,26,27,28);/q;;+2/p-2. The average Bonchev–Trinajstić information content (AvgIpc) is 3.22. The number of unbranched alkanes of at least 4 members (excludes halogenated alkanes) is 18. The number of hydrogen-bond acceptors (Lipinski definition) is 9. The first kappa shape index (κ1) is 54.3. The number of hydrogen-bond donors (Lipinski definition) is 2. The van der Waals surface area contributed by atoms with Gasteiger partial charge in [-0.05, 0) is 79.8 Å². The SMILES string of the molecule is CCCCCCCCCCCCc1c(S(=O)(=O)O)ccc(Oc2ccccc2)c1O.CCCCCCCCCCCCc1c(S(=O)(=O)[O-])ccc(Oc2ccccc2)c1[O-].[Ca+2]. The second kappa shape index (κ2) is 30.3. The first-order chi connectivity index (χ1) is 28.9. The fraction of sp³-hybridized carbons (Fsp3) is 0.500. The van der Waals surface area contributed by atoms with Crippen LogP contribution in [0.25, 0.3) is 0 Å². The molecule has 0 amide bonds. The van der Waals surface area contributed by atoms with Crippen molar-refractivity contribution in [2.45, 2.75) is 165 Å². The largest absolute Gasteiger partial charge is 2.00 e. The Kier molecular flexibility index (Phi) is 27.0. The molecule has 2 N–H and O–H groups in total. The molecule has 4 aromatic rings. The van der Waals surface area contributed by atoms with Crippen LogP contribution in [0.3, 0.4) is 0 Å². The van der Waals surface area contributed by atoms with E-state index in [0.717, 1.165) is 38.5 Å². The Morgan fingerprint density at radius 3 is 1.26 bits per heavy atom. The van der Waals surface area contributed by atoms with E-state index in [1.165, 1.54) is 108 Å². The van der Waals surface area contributed by atoms with Crippen molar-refractivity contribution in [1.82, 2.24) is 0 Å². The van der Waals surface area contributed by atoms with Crippen LogP contribution in [-0.4, -0.2) is 68.8 Å². The van der Waals surface area contributed by atoms with Crippen LogP contribution in [0.4, 0.5) is 0 Å². The van der Waals surface area contributed by atoms with Crippen molar-refractivity contribution < 1.29 is 45.6 Å². The van der Waals surface area contributed by atoms with Gasteiger partial charge in [0.2, 0.25) is 0 Å². The van der Waals surface area contributed by atoms with Gasteiger partial charge in [0.05, 0.1) is 4.90 Å². The molecule has 0 aromatic heterocycles. The Morgan fingerprint density at radius 1 is 0.492 bits per heavy atom. The molecule has 4 aromatic carbocycles. The van der Waals surface area contributed by atoms with Crippen LogP contribution < -0.4 is 14.6 Å². The number of phenolic OH excluding ortho intramolecular Hbond substituents is 1. The predicted molar refractivity (Wildman–Crippen MR) is 242 cm³/mol.